The molecular formula is C26H34N2O2. The minimum atomic E-state index is -0.260. The maximum absolute atomic E-state index is 11.3. The minimum absolute atomic E-state index is 0.0355. The average Bonchev–Trinajstić information content (AvgIpc) is 3.04. The second-order valence-corrected chi connectivity index (χ2v) is 9.84. The van der Waals surface area contributed by atoms with Gasteiger partial charge < -0.3 is 15.2 Å². The number of rotatable bonds is 5. The molecule has 2 saturated carbocycles. The Bertz CT molecular complexity index is 886. The van der Waals surface area contributed by atoms with Crippen LogP contribution >= 0.6 is 0 Å². The van der Waals surface area contributed by atoms with Crippen LogP contribution in [0.15, 0.2) is 42.6 Å². The van der Waals surface area contributed by atoms with Crippen LogP contribution < -0.4 is 10.1 Å². The molecule has 3 aliphatic rings. The van der Waals surface area contributed by atoms with E-state index < -0.39 is 0 Å². The normalized spacial score (nSPS) is 34.7. The van der Waals surface area contributed by atoms with Crippen LogP contribution in [0.1, 0.15) is 55.3 Å². The van der Waals surface area contributed by atoms with Crippen LogP contribution in [0, 0.1) is 17.3 Å². The van der Waals surface area contributed by atoms with Gasteiger partial charge in [0.05, 0.1) is 13.2 Å². The van der Waals surface area contributed by atoms with Crippen molar-refractivity contribution >= 4 is 0 Å². The van der Waals surface area contributed by atoms with Gasteiger partial charge in [-0.15, -0.1) is 0 Å². The highest BCUT2D eigenvalue weighted by Gasteiger charge is 2.57. The van der Waals surface area contributed by atoms with Gasteiger partial charge in [0.25, 0.3) is 0 Å². The van der Waals surface area contributed by atoms with Gasteiger partial charge in [0, 0.05) is 30.9 Å². The molecule has 0 aliphatic heterocycles. The van der Waals surface area contributed by atoms with Crippen molar-refractivity contribution in [3.05, 3.63) is 59.4 Å². The van der Waals surface area contributed by atoms with Crippen LogP contribution in [-0.2, 0) is 12.8 Å². The number of nitrogens with zero attached hydrogens (tertiary/aromatic N) is 1. The molecule has 2 fully saturated rings. The van der Waals surface area contributed by atoms with Crippen molar-refractivity contribution in [3.8, 4) is 5.75 Å². The number of aliphatic hydroxyl groups excluding tert-OH is 1. The van der Waals surface area contributed by atoms with Crippen LogP contribution in [0.2, 0.25) is 0 Å². The number of hydrogen-bond donors (Lipinski definition) is 2. The molecule has 0 amide bonds. The number of nitrogens with one attached hydrogen (secondary N) is 1. The smallest absolute Gasteiger partial charge is 0.119 e. The molecule has 4 nitrogen and oxygen atoms in total. The van der Waals surface area contributed by atoms with E-state index in [9.17, 15) is 5.11 Å². The van der Waals surface area contributed by atoms with E-state index >= 15 is 0 Å². The van der Waals surface area contributed by atoms with Crippen LogP contribution in [0.4, 0.5) is 0 Å². The van der Waals surface area contributed by atoms with Gasteiger partial charge in [-0.3, -0.25) is 4.98 Å². The van der Waals surface area contributed by atoms with Crippen molar-refractivity contribution < 1.29 is 9.84 Å². The second-order valence-electron chi connectivity index (χ2n) is 9.84. The number of methoxy groups -OCH3 is 1. The molecule has 160 valence electrons. The molecular weight excluding hydrogens is 372 g/mol. The lowest BCUT2D eigenvalue weighted by Crippen LogP contribution is -2.46. The molecule has 0 spiro atoms. The number of aryl methyl sites for hydroxylation is 1. The summed E-state index contributed by atoms with van der Waals surface area (Å²) in [6.45, 7) is 3.22. The summed E-state index contributed by atoms with van der Waals surface area (Å²) >= 11 is 0. The number of benzene rings is 1. The summed E-state index contributed by atoms with van der Waals surface area (Å²) in [6, 6.07) is 12.9. The lowest BCUT2D eigenvalue weighted by molar-refractivity contribution is -0.0279. The molecule has 1 heterocycles. The first-order valence-electron chi connectivity index (χ1n) is 11.6. The number of aliphatic hydroxyl groups is 1. The molecule has 4 heteroatoms. The molecule has 1 aromatic carbocycles. The molecule has 6 atom stereocenters. The van der Waals surface area contributed by atoms with Gasteiger partial charge in [-0.2, -0.15) is 0 Å². The monoisotopic (exact) mass is 406 g/mol. The van der Waals surface area contributed by atoms with E-state index in [2.05, 4.69) is 41.5 Å². The quantitative estimate of drug-likeness (QED) is 0.784. The predicted molar refractivity (Wildman–Crippen MR) is 119 cm³/mol. The summed E-state index contributed by atoms with van der Waals surface area (Å²) in [4.78, 5) is 4.42. The Balaban J connectivity index is 1.30. The lowest BCUT2D eigenvalue weighted by Gasteiger charge is -2.50. The molecule has 0 saturated heterocycles. The highest BCUT2D eigenvalue weighted by molar-refractivity contribution is 5.40. The fourth-order valence-corrected chi connectivity index (χ4v) is 6.83. The van der Waals surface area contributed by atoms with Crippen molar-refractivity contribution in [2.24, 2.45) is 17.3 Å². The predicted octanol–water partition coefficient (Wildman–Crippen LogP) is 4.12. The zero-order chi connectivity index (χ0) is 20.7. The van der Waals surface area contributed by atoms with E-state index in [1.165, 1.54) is 24.0 Å². The van der Waals surface area contributed by atoms with E-state index in [4.69, 9.17) is 4.74 Å². The Kier molecular flexibility index (Phi) is 5.32. The van der Waals surface area contributed by atoms with Gasteiger partial charge >= 0.3 is 0 Å². The maximum Gasteiger partial charge on any atom is 0.119 e. The van der Waals surface area contributed by atoms with Crippen LogP contribution in [0.3, 0.4) is 0 Å². The zero-order valence-electron chi connectivity index (χ0n) is 18.2. The zero-order valence-corrected chi connectivity index (χ0v) is 18.2. The molecule has 3 aliphatic carbocycles. The minimum Gasteiger partial charge on any atom is -0.497 e. The maximum atomic E-state index is 11.3. The van der Waals surface area contributed by atoms with E-state index in [-0.39, 0.29) is 17.6 Å². The van der Waals surface area contributed by atoms with E-state index in [0.29, 0.717) is 17.8 Å². The largest absolute Gasteiger partial charge is 0.497 e. The fraction of sp³-hybridized carbons (Fsp3) is 0.577. The van der Waals surface area contributed by atoms with Crippen molar-refractivity contribution in [1.29, 1.82) is 0 Å². The van der Waals surface area contributed by atoms with E-state index in [1.54, 1.807) is 7.11 Å². The molecule has 0 radical (unpaired) electrons. The van der Waals surface area contributed by atoms with Crippen molar-refractivity contribution in [3.63, 3.8) is 0 Å². The van der Waals surface area contributed by atoms with E-state index in [1.807, 2.05) is 18.3 Å². The Morgan fingerprint density at radius 1 is 1.23 bits per heavy atom. The summed E-state index contributed by atoms with van der Waals surface area (Å²) in [6.07, 6.45) is 8.26. The summed E-state index contributed by atoms with van der Waals surface area (Å²) in [5, 5.41) is 15.0. The van der Waals surface area contributed by atoms with Crippen LogP contribution in [0.5, 0.6) is 5.75 Å². The Morgan fingerprint density at radius 2 is 2.13 bits per heavy atom. The average molecular weight is 407 g/mol. The third kappa shape index (κ3) is 3.34. The highest BCUT2D eigenvalue weighted by Crippen LogP contribution is 2.60. The first kappa shape index (κ1) is 20.0. The summed E-state index contributed by atoms with van der Waals surface area (Å²) < 4.78 is 5.45. The van der Waals surface area contributed by atoms with Gasteiger partial charge in [-0.05, 0) is 90.7 Å². The van der Waals surface area contributed by atoms with Crippen LogP contribution in [-0.4, -0.2) is 35.9 Å². The number of aromatic nitrogens is 1. The summed E-state index contributed by atoms with van der Waals surface area (Å²) in [5.74, 6) is 2.88. The van der Waals surface area contributed by atoms with Crippen LogP contribution in [0.25, 0.3) is 0 Å². The molecule has 2 N–H and O–H groups in total. The van der Waals surface area contributed by atoms with E-state index in [0.717, 1.165) is 43.7 Å². The van der Waals surface area contributed by atoms with Gasteiger partial charge in [0.2, 0.25) is 0 Å². The third-order valence-electron chi connectivity index (χ3n) is 8.45. The molecule has 0 unspecified atom stereocenters. The van der Waals surface area contributed by atoms with Gasteiger partial charge in [0.1, 0.15) is 5.75 Å². The first-order chi connectivity index (χ1) is 14.6. The lowest BCUT2D eigenvalue weighted by atomic mass is 9.55. The van der Waals surface area contributed by atoms with Gasteiger partial charge in [-0.25, -0.2) is 0 Å². The Labute approximate surface area is 180 Å². The molecule has 1 aromatic heterocycles. The highest BCUT2D eigenvalue weighted by atomic mass is 16.5. The third-order valence-corrected chi connectivity index (χ3v) is 8.45. The first-order valence-corrected chi connectivity index (χ1v) is 11.6. The van der Waals surface area contributed by atoms with Gasteiger partial charge in [0.15, 0.2) is 0 Å². The Morgan fingerprint density at radius 3 is 2.93 bits per heavy atom. The van der Waals surface area contributed by atoms with Crippen molar-refractivity contribution in [1.82, 2.24) is 10.3 Å². The number of ether oxygens (including phenoxy) is 1. The Hall–Kier alpha value is -1.91. The molecule has 2 aromatic rings. The van der Waals surface area contributed by atoms with Crippen molar-refractivity contribution in [2.45, 2.75) is 63.5 Å². The fourth-order valence-electron chi connectivity index (χ4n) is 6.83. The molecule has 30 heavy (non-hydrogen) atoms. The summed E-state index contributed by atoms with van der Waals surface area (Å²) in [5.41, 5.74) is 4.16. The van der Waals surface area contributed by atoms with Gasteiger partial charge in [-0.1, -0.05) is 19.1 Å². The molecule has 5 rings (SSSR count). The topological polar surface area (TPSA) is 54.4 Å². The molecule has 0 bridgehead atoms. The van der Waals surface area contributed by atoms with Crippen molar-refractivity contribution in [2.75, 3.05) is 13.7 Å². The number of pyridine rings is 1. The second kappa shape index (κ2) is 7.97. The SMILES string of the molecule is COc1ccc2c(c1)CC[C@@H]1[C@@H]2CC[C@]2(C)[C@@H](O)[C@H](NCCc3ccccn3)C[C@@H]12. The number of hydrogen-bond acceptors (Lipinski definition) is 4. The summed E-state index contributed by atoms with van der Waals surface area (Å²) in [7, 11) is 1.75. The standard InChI is InChI=1S/C26H34N2O2/c1-26-12-10-21-20-9-7-19(30-2)15-17(20)6-8-22(21)23(26)16-24(25(26)29)28-14-11-18-5-3-4-13-27-18/h3-5,7,9,13,15,21-25,28-29H,6,8,10-12,14,16H2,1-2H3/t21-,22-,23+,24-,25+,26+/m1/s1. The number of fused-ring (bicyclic) bond motifs is 5.